The van der Waals surface area contributed by atoms with Crippen molar-refractivity contribution in [3.05, 3.63) is 21.6 Å². The van der Waals surface area contributed by atoms with Gasteiger partial charge in [-0.05, 0) is 19.8 Å². The molecule has 1 fully saturated rings. The average molecular weight is 244 g/mol. The number of nitrogens with zero attached hydrogens (tertiary/aromatic N) is 1. The molecule has 1 atom stereocenters. The normalized spacial score (nSPS) is 23.8. The number of hydrogen-bond acceptors (Lipinski definition) is 3. The maximum Gasteiger partial charge on any atom is 0.270 e. The third-order valence-electron chi connectivity index (χ3n) is 3.14. The van der Waals surface area contributed by atoms with Crippen LogP contribution in [-0.2, 0) is 16.3 Å². The van der Waals surface area contributed by atoms with Crippen LogP contribution in [-0.4, -0.2) is 29.7 Å². The molecule has 1 aromatic rings. The zero-order chi connectivity index (χ0) is 11.9. The molecule has 90 valence electrons. The van der Waals surface area contributed by atoms with E-state index in [1.807, 2.05) is 13.8 Å². The molecule has 16 heavy (non-hydrogen) atoms. The summed E-state index contributed by atoms with van der Waals surface area (Å²) in [4.78, 5) is 12.0. The molecule has 0 bridgehead atoms. The minimum absolute atomic E-state index is 0.0675. The second-order valence-electron chi connectivity index (χ2n) is 4.30. The summed E-state index contributed by atoms with van der Waals surface area (Å²) in [6, 6.07) is -0.212. The molecule has 1 aromatic heterocycles. The van der Waals surface area contributed by atoms with E-state index in [2.05, 4.69) is 5.10 Å². The molecule has 1 saturated heterocycles. The van der Waals surface area contributed by atoms with Crippen molar-refractivity contribution in [2.75, 3.05) is 11.5 Å². The quantitative estimate of drug-likeness (QED) is 0.819. The molecule has 1 aliphatic heterocycles. The second kappa shape index (κ2) is 3.76. The molecular weight excluding hydrogens is 228 g/mol. The van der Waals surface area contributed by atoms with Crippen LogP contribution in [0, 0.1) is 6.92 Å². The second-order valence-corrected chi connectivity index (χ2v) is 6.53. The fraction of sp³-hybridized carbons (Fsp3) is 0.700. The Bertz CT molecular complexity index is 553. The molecule has 2 heterocycles. The number of aryl methyl sites for hydroxylation is 1. The molecule has 6 heteroatoms. The molecule has 0 saturated carbocycles. The minimum Gasteiger partial charge on any atom is -0.299 e. The summed E-state index contributed by atoms with van der Waals surface area (Å²) >= 11 is 0. The fourth-order valence-electron chi connectivity index (χ4n) is 2.26. The van der Waals surface area contributed by atoms with E-state index in [0.717, 1.165) is 11.3 Å². The van der Waals surface area contributed by atoms with Crippen LogP contribution >= 0.6 is 0 Å². The van der Waals surface area contributed by atoms with Gasteiger partial charge in [0.25, 0.3) is 5.56 Å². The third-order valence-corrected chi connectivity index (χ3v) is 4.90. The van der Waals surface area contributed by atoms with Gasteiger partial charge in [0.05, 0.1) is 17.5 Å². The first kappa shape index (κ1) is 11.4. The van der Waals surface area contributed by atoms with E-state index in [4.69, 9.17) is 0 Å². The summed E-state index contributed by atoms with van der Waals surface area (Å²) in [5, 5.41) is 2.98. The van der Waals surface area contributed by atoms with Gasteiger partial charge < -0.3 is 0 Å². The van der Waals surface area contributed by atoms with Crippen molar-refractivity contribution in [3.8, 4) is 0 Å². The minimum atomic E-state index is -2.95. The van der Waals surface area contributed by atoms with E-state index in [9.17, 15) is 13.2 Å². The van der Waals surface area contributed by atoms with Gasteiger partial charge in [-0.1, -0.05) is 6.92 Å². The first-order valence-corrected chi connectivity index (χ1v) is 7.27. The molecule has 5 nitrogen and oxygen atoms in total. The van der Waals surface area contributed by atoms with Crippen molar-refractivity contribution in [1.29, 1.82) is 0 Å². The van der Waals surface area contributed by atoms with Crippen molar-refractivity contribution >= 4 is 9.84 Å². The van der Waals surface area contributed by atoms with Gasteiger partial charge >= 0.3 is 0 Å². The Balaban J connectivity index is 2.40. The summed E-state index contributed by atoms with van der Waals surface area (Å²) in [6.45, 7) is 3.77. The van der Waals surface area contributed by atoms with Crippen molar-refractivity contribution in [3.63, 3.8) is 0 Å². The highest BCUT2D eigenvalue weighted by Gasteiger charge is 2.31. The first-order valence-electron chi connectivity index (χ1n) is 5.45. The zero-order valence-electron chi connectivity index (χ0n) is 9.49. The highest BCUT2D eigenvalue weighted by atomic mass is 32.2. The van der Waals surface area contributed by atoms with Crippen molar-refractivity contribution < 1.29 is 8.42 Å². The van der Waals surface area contributed by atoms with Gasteiger partial charge in [-0.15, -0.1) is 0 Å². The molecule has 0 aromatic carbocycles. The van der Waals surface area contributed by atoms with Crippen LogP contribution in [0.25, 0.3) is 0 Å². The van der Waals surface area contributed by atoms with Crippen LogP contribution in [0.15, 0.2) is 4.79 Å². The van der Waals surface area contributed by atoms with E-state index in [1.54, 1.807) is 0 Å². The number of sulfone groups is 1. The number of hydrogen-bond donors (Lipinski definition) is 1. The molecular formula is C10H16N2O3S. The van der Waals surface area contributed by atoms with Crippen molar-refractivity contribution in [2.45, 2.75) is 32.7 Å². The Morgan fingerprint density at radius 2 is 2.19 bits per heavy atom. The van der Waals surface area contributed by atoms with E-state index in [-0.39, 0.29) is 23.1 Å². The van der Waals surface area contributed by atoms with Gasteiger partial charge in [-0.25, -0.2) is 13.1 Å². The van der Waals surface area contributed by atoms with Gasteiger partial charge in [0.2, 0.25) is 0 Å². The van der Waals surface area contributed by atoms with Gasteiger partial charge in [-0.3, -0.25) is 9.89 Å². The number of aromatic amines is 1. The Morgan fingerprint density at radius 1 is 1.50 bits per heavy atom. The summed E-state index contributed by atoms with van der Waals surface area (Å²) in [5.41, 5.74) is 1.53. The maximum atomic E-state index is 12.0. The number of aromatic nitrogens is 2. The summed E-state index contributed by atoms with van der Waals surface area (Å²) in [7, 11) is -2.95. The standard InChI is InChI=1S/C10H16N2O3S/c1-3-9-7(2)11-12(10(9)13)8-4-5-16(14,15)6-8/h8,11H,3-6H2,1-2H3. The van der Waals surface area contributed by atoms with Crippen molar-refractivity contribution in [1.82, 2.24) is 9.78 Å². The highest BCUT2D eigenvalue weighted by molar-refractivity contribution is 7.91. The van der Waals surface area contributed by atoms with E-state index >= 15 is 0 Å². The van der Waals surface area contributed by atoms with Gasteiger partial charge in [-0.2, -0.15) is 0 Å². The van der Waals surface area contributed by atoms with Crippen LogP contribution in [0.5, 0.6) is 0 Å². The molecule has 1 aliphatic rings. The smallest absolute Gasteiger partial charge is 0.270 e. The fourth-order valence-corrected chi connectivity index (χ4v) is 3.96. The van der Waals surface area contributed by atoms with Crippen LogP contribution in [0.2, 0.25) is 0 Å². The SMILES string of the molecule is CCc1c(C)[nH]n(C2CCS(=O)(=O)C2)c1=O. The molecule has 0 radical (unpaired) electrons. The predicted octanol–water partition coefficient (Wildman–Crippen LogP) is 0.407. The van der Waals surface area contributed by atoms with Gasteiger partial charge in [0.1, 0.15) is 0 Å². The number of rotatable bonds is 2. The lowest BCUT2D eigenvalue weighted by Gasteiger charge is -2.07. The van der Waals surface area contributed by atoms with Crippen LogP contribution in [0.4, 0.5) is 0 Å². The Kier molecular flexibility index (Phi) is 2.69. The monoisotopic (exact) mass is 244 g/mol. The Hall–Kier alpha value is -1.04. The maximum absolute atomic E-state index is 12.0. The summed E-state index contributed by atoms with van der Waals surface area (Å²) in [6.07, 6.45) is 1.21. The molecule has 1 unspecified atom stereocenters. The van der Waals surface area contributed by atoms with Crippen LogP contribution in [0.3, 0.4) is 0 Å². The Labute approximate surface area is 94.4 Å². The number of H-pyrrole nitrogens is 1. The molecule has 0 aliphatic carbocycles. The largest absolute Gasteiger partial charge is 0.299 e. The molecule has 0 spiro atoms. The molecule has 1 N–H and O–H groups in total. The van der Waals surface area contributed by atoms with E-state index in [0.29, 0.717) is 12.8 Å². The highest BCUT2D eigenvalue weighted by Crippen LogP contribution is 2.22. The topological polar surface area (TPSA) is 71.9 Å². The number of nitrogens with one attached hydrogen (secondary N) is 1. The lowest BCUT2D eigenvalue weighted by Crippen LogP contribution is -2.24. The first-order chi connectivity index (χ1) is 7.44. The predicted molar refractivity (Wildman–Crippen MR) is 61.5 cm³/mol. The van der Waals surface area contributed by atoms with Crippen LogP contribution < -0.4 is 5.56 Å². The van der Waals surface area contributed by atoms with Crippen molar-refractivity contribution in [2.24, 2.45) is 0 Å². The molecule has 2 rings (SSSR count). The van der Waals surface area contributed by atoms with Crippen LogP contribution in [0.1, 0.15) is 30.6 Å². The van der Waals surface area contributed by atoms with Gasteiger partial charge in [0, 0.05) is 11.3 Å². The lowest BCUT2D eigenvalue weighted by atomic mass is 10.2. The zero-order valence-corrected chi connectivity index (χ0v) is 10.3. The van der Waals surface area contributed by atoms with E-state index in [1.165, 1.54) is 4.68 Å². The molecule has 0 amide bonds. The third kappa shape index (κ3) is 1.81. The lowest BCUT2D eigenvalue weighted by molar-refractivity contribution is 0.483. The summed E-state index contributed by atoms with van der Waals surface area (Å²) < 4.78 is 24.2. The van der Waals surface area contributed by atoms with E-state index < -0.39 is 9.84 Å². The average Bonchev–Trinajstić information content (AvgIpc) is 2.68. The summed E-state index contributed by atoms with van der Waals surface area (Å²) in [5.74, 6) is 0.264. The Morgan fingerprint density at radius 3 is 2.62 bits per heavy atom. The van der Waals surface area contributed by atoms with Gasteiger partial charge in [0.15, 0.2) is 9.84 Å².